The summed E-state index contributed by atoms with van der Waals surface area (Å²) in [4.78, 5) is 4.36. The van der Waals surface area contributed by atoms with Crippen molar-refractivity contribution in [1.82, 2.24) is 15.5 Å². The van der Waals surface area contributed by atoms with Crippen molar-refractivity contribution in [2.45, 2.75) is 25.0 Å². The minimum absolute atomic E-state index is 0.466. The number of methoxy groups -OCH3 is 1. The zero-order valence-electron chi connectivity index (χ0n) is 10.4. The first-order valence-electron chi connectivity index (χ1n) is 5.91. The molecule has 0 amide bonds. The number of hydrogen-bond acceptors (Lipinski definition) is 6. The predicted octanol–water partition coefficient (Wildman–Crippen LogP) is 0.444. The molecular formula is C12H17N3O3. The summed E-state index contributed by atoms with van der Waals surface area (Å²) < 4.78 is 16.1. The lowest BCUT2D eigenvalue weighted by Crippen LogP contribution is -2.36. The topological polar surface area (TPSA) is 69.4 Å². The lowest BCUT2D eigenvalue weighted by molar-refractivity contribution is -0.101. The van der Waals surface area contributed by atoms with Crippen molar-refractivity contribution in [1.29, 1.82) is 0 Å². The highest BCUT2D eigenvalue weighted by Gasteiger charge is 2.39. The largest absolute Gasteiger partial charge is 0.381 e. The Kier molecular flexibility index (Phi) is 4.31. The van der Waals surface area contributed by atoms with Gasteiger partial charge in [0, 0.05) is 33.2 Å². The Morgan fingerprint density at radius 2 is 2.28 bits per heavy atom. The molecule has 0 radical (unpaired) electrons. The van der Waals surface area contributed by atoms with Gasteiger partial charge in [-0.2, -0.15) is 4.98 Å². The molecule has 0 unspecified atom stereocenters. The van der Waals surface area contributed by atoms with E-state index in [9.17, 15) is 0 Å². The van der Waals surface area contributed by atoms with Gasteiger partial charge in [0.05, 0.1) is 13.1 Å². The molecule has 98 valence electrons. The summed E-state index contributed by atoms with van der Waals surface area (Å²) in [7, 11) is 1.66. The van der Waals surface area contributed by atoms with Gasteiger partial charge >= 0.3 is 0 Å². The van der Waals surface area contributed by atoms with Crippen LogP contribution in [0.1, 0.15) is 24.6 Å². The average molecular weight is 251 g/mol. The molecule has 1 N–H and O–H groups in total. The third-order valence-electron chi connectivity index (χ3n) is 3.07. The zero-order valence-corrected chi connectivity index (χ0v) is 10.4. The molecule has 1 aromatic rings. The van der Waals surface area contributed by atoms with Gasteiger partial charge in [0.1, 0.15) is 5.60 Å². The lowest BCUT2D eigenvalue weighted by Gasteiger charge is -2.32. The van der Waals surface area contributed by atoms with E-state index in [1.54, 1.807) is 7.11 Å². The normalized spacial score (nSPS) is 18.4. The van der Waals surface area contributed by atoms with Crippen LogP contribution in [0.3, 0.4) is 0 Å². The van der Waals surface area contributed by atoms with Crippen molar-refractivity contribution < 1.29 is 14.0 Å². The Balaban J connectivity index is 2.05. The van der Waals surface area contributed by atoms with Gasteiger partial charge in [-0.25, -0.2) is 0 Å². The highest BCUT2D eigenvalue weighted by molar-refractivity contribution is 5.03. The van der Waals surface area contributed by atoms with Crippen LogP contribution in [-0.4, -0.2) is 37.0 Å². The van der Waals surface area contributed by atoms with E-state index in [-0.39, 0.29) is 0 Å². The molecule has 0 spiro atoms. The van der Waals surface area contributed by atoms with Crippen LogP contribution >= 0.6 is 0 Å². The fourth-order valence-electron chi connectivity index (χ4n) is 1.97. The highest BCUT2D eigenvalue weighted by Crippen LogP contribution is 2.33. The molecule has 1 aliphatic rings. The summed E-state index contributed by atoms with van der Waals surface area (Å²) in [6, 6.07) is 0. The van der Waals surface area contributed by atoms with E-state index in [1.165, 1.54) is 0 Å². The number of hydrogen-bond donors (Lipinski definition) is 1. The molecule has 1 aliphatic heterocycles. The van der Waals surface area contributed by atoms with Crippen LogP contribution in [-0.2, 0) is 21.6 Å². The van der Waals surface area contributed by atoms with Crippen molar-refractivity contribution in [3.8, 4) is 12.3 Å². The van der Waals surface area contributed by atoms with Crippen LogP contribution in [0.25, 0.3) is 0 Å². The van der Waals surface area contributed by atoms with E-state index >= 15 is 0 Å². The Morgan fingerprint density at radius 3 is 2.94 bits per heavy atom. The Bertz CT molecular complexity index is 418. The SMILES string of the molecule is C#CCNCc1nc(C2(OC)CCOCC2)no1. The van der Waals surface area contributed by atoms with Gasteiger partial charge in [0.25, 0.3) is 0 Å². The van der Waals surface area contributed by atoms with E-state index in [1.807, 2.05) is 0 Å². The van der Waals surface area contributed by atoms with E-state index in [0.717, 1.165) is 12.8 Å². The Morgan fingerprint density at radius 1 is 1.50 bits per heavy atom. The molecule has 1 aromatic heterocycles. The van der Waals surface area contributed by atoms with Crippen LogP contribution in [0.2, 0.25) is 0 Å². The minimum atomic E-state index is -0.480. The molecule has 6 heteroatoms. The first-order chi connectivity index (χ1) is 8.80. The van der Waals surface area contributed by atoms with Crippen molar-refractivity contribution >= 4 is 0 Å². The number of aromatic nitrogens is 2. The first-order valence-corrected chi connectivity index (χ1v) is 5.91. The molecule has 6 nitrogen and oxygen atoms in total. The van der Waals surface area contributed by atoms with E-state index in [4.69, 9.17) is 20.4 Å². The summed E-state index contributed by atoms with van der Waals surface area (Å²) in [6.07, 6.45) is 6.62. The van der Waals surface area contributed by atoms with Crippen LogP contribution < -0.4 is 5.32 Å². The van der Waals surface area contributed by atoms with Crippen molar-refractivity contribution in [3.63, 3.8) is 0 Å². The van der Waals surface area contributed by atoms with Crippen LogP contribution in [0.15, 0.2) is 4.52 Å². The molecule has 1 saturated heterocycles. The van der Waals surface area contributed by atoms with Crippen LogP contribution in [0.4, 0.5) is 0 Å². The van der Waals surface area contributed by atoms with Gasteiger partial charge in [-0.1, -0.05) is 11.1 Å². The highest BCUT2D eigenvalue weighted by atomic mass is 16.5. The Labute approximate surface area is 106 Å². The number of nitrogens with one attached hydrogen (secondary N) is 1. The molecule has 0 atom stereocenters. The predicted molar refractivity (Wildman–Crippen MR) is 63.6 cm³/mol. The van der Waals surface area contributed by atoms with Gasteiger partial charge in [0.15, 0.2) is 0 Å². The fourth-order valence-corrected chi connectivity index (χ4v) is 1.97. The summed E-state index contributed by atoms with van der Waals surface area (Å²) in [5.41, 5.74) is -0.480. The molecular weight excluding hydrogens is 234 g/mol. The van der Waals surface area contributed by atoms with Gasteiger partial charge in [0.2, 0.25) is 11.7 Å². The maximum atomic E-state index is 5.59. The molecule has 0 saturated carbocycles. The monoisotopic (exact) mass is 251 g/mol. The zero-order chi connectivity index (χ0) is 12.8. The Hall–Kier alpha value is -1.42. The van der Waals surface area contributed by atoms with Crippen LogP contribution in [0.5, 0.6) is 0 Å². The quantitative estimate of drug-likeness (QED) is 0.605. The maximum absolute atomic E-state index is 5.59. The molecule has 0 aliphatic carbocycles. The maximum Gasteiger partial charge on any atom is 0.240 e. The molecule has 2 rings (SSSR count). The number of ether oxygens (including phenoxy) is 2. The standard InChI is InChI=1S/C12H17N3O3/c1-3-6-13-9-10-14-11(15-18-10)12(16-2)4-7-17-8-5-12/h1,13H,4-9H2,2H3. The molecule has 18 heavy (non-hydrogen) atoms. The summed E-state index contributed by atoms with van der Waals surface area (Å²) >= 11 is 0. The van der Waals surface area contributed by atoms with E-state index in [2.05, 4.69) is 21.4 Å². The van der Waals surface area contributed by atoms with Crippen molar-refractivity contribution in [3.05, 3.63) is 11.7 Å². The van der Waals surface area contributed by atoms with Crippen LogP contribution in [0, 0.1) is 12.3 Å². The first kappa shape index (κ1) is 13.0. The third-order valence-corrected chi connectivity index (χ3v) is 3.07. The third kappa shape index (κ3) is 2.70. The van der Waals surface area contributed by atoms with E-state index < -0.39 is 5.60 Å². The lowest BCUT2D eigenvalue weighted by atomic mass is 9.93. The minimum Gasteiger partial charge on any atom is -0.381 e. The van der Waals surface area contributed by atoms with Crippen molar-refractivity contribution in [2.75, 3.05) is 26.9 Å². The van der Waals surface area contributed by atoms with Gasteiger partial charge < -0.3 is 14.0 Å². The molecule has 1 fully saturated rings. The number of nitrogens with zero attached hydrogens (tertiary/aromatic N) is 2. The number of terminal acetylenes is 1. The van der Waals surface area contributed by atoms with Gasteiger partial charge in [-0.15, -0.1) is 6.42 Å². The summed E-state index contributed by atoms with van der Waals surface area (Å²) in [5, 5.41) is 7.00. The molecule has 0 bridgehead atoms. The summed E-state index contributed by atoms with van der Waals surface area (Å²) in [6.45, 7) is 2.23. The smallest absolute Gasteiger partial charge is 0.240 e. The average Bonchev–Trinajstić information content (AvgIpc) is 2.89. The number of rotatable bonds is 5. The van der Waals surface area contributed by atoms with Gasteiger partial charge in [-0.3, -0.25) is 5.32 Å². The van der Waals surface area contributed by atoms with Crippen molar-refractivity contribution in [2.24, 2.45) is 0 Å². The molecule has 2 heterocycles. The van der Waals surface area contributed by atoms with E-state index in [0.29, 0.717) is 38.0 Å². The second-order valence-electron chi connectivity index (χ2n) is 4.13. The molecule has 0 aromatic carbocycles. The second kappa shape index (κ2) is 5.96. The second-order valence-corrected chi connectivity index (χ2v) is 4.13. The van der Waals surface area contributed by atoms with Gasteiger partial charge in [-0.05, 0) is 0 Å². The summed E-state index contributed by atoms with van der Waals surface area (Å²) in [5.74, 6) is 3.59. The fraction of sp³-hybridized carbons (Fsp3) is 0.667.